The zero-order chi connectivity index (χ0) is 19.0. The molecular formula is C21H20N2O4. The molecule has 2 aromatic carbocycles. The van der Waals surface area contributed by atoms with Crippen LogP contribution in [0.1, 0.15) is 32.0 Å². The van der Waals surface area contributed by atoms with Crippen LogP contribution >= 0.6 is 0 Å². The number of hydrogen-bond acceptors (Lipinski definition) is 4. The molecule has 0 spiro atoms. The van der Waals surface area contributed by atoms with Crippen LogP contribution < -0.4 is 4.74 Å². The molecule has 2 heterocycles. The molecule has 0 aliphatic carbocycles. The maximum Gasteiger partial charge on any atom is 0.337 e. The number of aromatic amines is 1. The number of carbonyl (C=O) groups is 2. The number of fused-ring (bicyclic) bond motifs is 3. The molecule has 1 aliphatic heterocycles. The standard InChI is InChI=1S/C21H20N2O4/c1-26-15-6-3-13(4-7-15)20(24)23-10-9-19-17(12-23)16-11-14(21(25)27-2)5-8-18(16)22-19/h3-8,11,22H,9-10,12H2,1-2H3. The van der Waals surface area contributed by atoms with Gasteiger partial charge in [0, 0.05) is 47.2 Å². The van der Waals surface area contributed by atoms with Gasteiger partial charge >= 0.3 is 5.97 Å². The Hall–Kier alpha value is -3.28. The minimum absolute atomic E-state index is 0.0122. The molecule has 1 aliphatic rings. The van der Waals surface area contributed by atoms with E-state index in [1.54, 1.807) is 37.4 Å². The van der Waals surface area contributed by atoms with Crippen molar-refractivity contribution in [3.8, 4) is 5.75 Å². The van der Waals surface area contributed by atoms with E-state index in [9.17, 15) is 9.59 Å². The molecule has 0 fully saturated rings. The Morgan fingerprint density at radius 3 is 2.48 bits per heavy atom. The third kappa shape index (κ3) is 3.03. The van der Waals surface area contributed by atoms with Crippen LogP contribution in [0.25, 0.3) is 10.9 Å². The largest absolute Gasteiger partial charge is 0.497 e. The Balaban J connectivity index is 1.64. The quantitative estimate of drug-likeness (QED) is 0.725. The molecule has 3 aromatic rings. The number of rotatable bonds is 3. The smallest absolute Gasteiger partial charge is 0.337 e. The number of nitrogens with zero attached hydrogens (tertiary/aromatic N) is 1. The van der Waals surface area contributed by atoms with Gasteiger partial charge in [-0.05, 0) is 42.5 Å². The van der Waals surface area contributed by atoms with Gasteiger partial charge in [0.05, 0.1) is 19.8 Å². The fourth-order valence-corrected chi connectivity index (χ4v) is 3.55. The second kappa shape index (κ2) is 6.79. The molecule has 0 radical (unpaired) electrons. The number of hydrogen-bond donors (Lipinski definition) is 1. The molecule has 138 valence electrons. The summed E-state index contributed by atoms with van der Waals surface area (Å²) in [5.41, 5.74) is 4.28. The number of amides is 1. The molecule has 0 saturated carbocycles. The molecule has 1 aromatic heterocycles. The average Bonchev–Trinajstić information content (AvgIpc) is 3.09. The summed E-state index contributed by atoms with van der Waals surface area (Å²) < 4.78 is 9.97. The van der Waals surface area contributed by atoms with Gasteiger partial charge < -0.3 is 19.4 Å². The normalized spacial score (nSPS) is 13.3. The van der Waals surface area contributed by atoms with E-state index in [2.05, 4.69) is 4.98 Å². The molecule has 0 bridgehead atoms. The third-order valence-corrected chi connectivity index (χ3v) is 5.02. The lowest BCUT2D eigenvalue weighted by molar-refractivity contribution is 0.0600. The van der Waals surface area contributed by atoms with Gasteiger partial charge in [0.15, 0.2) is 0 Å². The van der Waals surface area contributed by atoms with Crippen molar-refractivity contribution in [1.29, 1.82) is 0 Å². The van der Waals surface area contributed by atoms with Crippen molar-refractivity contribution >= 4 is 22.8 Å². The van der Waals surface area contributed by atoms with Gasteiger partial charge in [-0.15, -0.1) is 0 Å². The van der Waals surface area contributed by atoms with E-state index in [4.69, 9.17) is 9.47 Å². The highest BCUT2D eigenvalue weighted by molar-refractivity contribution is 5.97. The van der Waals surface area contributed by atoms with Crippen molar-refractivity contribution in [3.63, 3.8) is 0 Å². The fraction of sp³-hybridized carbons (Fsp3) is 0.238. The molecule has 0 saturated heterocycles. The van der Waals surface area contributed by atoms with Gasteiger partial charge in [0.1, 0.15) is 5.75 Å². The van der Waals surface area contributed by atoms with Gasteiger partial charge in [-0.25, -0.2) is 4.79 Å². The Morgan fingerprint density at radius 2 is 1.78 bits per heavy atom. The van der Waals surface area contributed by atoms with Crippen LogP contribution in [0.4, 0.5) is 0 Å². The molecule has 0 unspecified atom stereocenters. The summed E-state index contributed by atoms with van der Waals surface area (Å²) in [7, 11) is 2.97. The van der Waals surface area contributed by atoms with Crippen LogP contribution in [0.5, 0.6) is 5.75 Å². The highest BCUT2D eigenvalue weighted by Gasteiger charge is 2.25. The highest BCUT2D eigenvalue weighted by Crippen LogP contribution is 2.29. The Labute approximate surface area is 156 Å². The van der Waals surface area contributed by atoms with E-state index in [1.165, 1.54) is 7.11 Å². The van der Waals surface area contributed by atoms with Crippen molar-refractivity contribution in [3.05, 3.63) is 64.8 Å². The lowest BCUT2D eigenvalue weighted by Crippen LogP contribution is -2.35. The molecule has 1 N–H and O–H groups in total. The number of methoxy groups -OCH3 is 2. The Bertz CT molecular complexity index is 1020. The monoisotopic (exact) mass is 364 g/mol. The first-order valence-corrected chi connectivity index (χ1v) is 8.76. The van der Waals surface area contributed by atoms with Gasteiger partial charge in [0.2, 0.25) is 0 Å². The first-order chi connectivity index (χ1) is 13.1. The summed E-state index contributed by atoms with van der Waals surface area (Å²) in [6.45, 7) is 1.15. The topological polar surface area (TPSA) is 71.6 Å². The second-order valence-electron chi connectivity index (χ2n) is 6.54. The minimum atomic E-state index is -0.367. The van der Waals surface area contributed by atoms with E-state index in [0.717, 1.165) is 34.3 Å². The lowest BCUT2D eigenvalue weighted by Gasteiger charge is -2.27. The molecule has 4 rings (SSSR count). The predicted octanol–water partition coefficient (Wildman–Crippen LogP) is 3.16. The van der Waals surface area contributed by atoms with E-state index in [-0.39, 0.29) is 11.9 Å². The summed E-state index contributed by atoms with van der Waals surface area (Å²) in [6.07, 6.45) is 0.749. The number of nitrogens with one attached hydrogen (secondary N) is 1. The third-order valence-electron chi connectivity index (χ3n) is 5.02. The van der Waals surface area contributed by atoms with Gasteiger partial charge in [-0.1, -0.05) is 0 Å². The van der Waals surface area contributed by atoms with Gasteiger partial charge in [0.25, 0.3) is 5.91 Å². The first-order valence-electron chi connectivity index (χ1n) is 8.76. The summed E-state index contributed by atoms with van der Waals surface area (Å²) in [5, 5.41) is 0.958. The van der Waals surface area contributed by atoms with Crippen molar-refractivity contribution < 1.29 is 19.1 Å². The number of carbonyl (C=O) groups excluding carboxylic acids is 2. The first kappa shape index (κ1) is 17.1. The number of ether oxygens (including phenoxy) is 2. The van der Waals surface area contributed by atoms with Crippen LogP contribution in [0.3, 0.4) is 0 Å². The van der Waals surface area contributed by atoms with E-state index in [1.807, 2.05) is 17.0 Å². The summed E-state index contributed by atoms with van der Waals surface area (Å²) >= 11 is 0. The van der Waals surface area contributed by atoms with Crippen LogP contribution in [-0.2, 0) is 17.7 Å². The van der Waals surface area contributed by atoms with Crippen molar-refractivity contribution in [2.45, 2.75) is 13.0 Å². The van der Waals surface area contributed by atoms with Crippen LogP contribution in [0.2, 0.25) is 0 Å². The van der Waals surface area contributed by atoms with E-state index >= 15 is 0 Å². The van der Waals surface area contributed by atoms with Crippen molar-refractivity contribution in [1.82, 2.24) is 9.88 Å². The average molecular weight is 364 g/mol. The number of H-pyrrole nitrogens is 1. The zero-order valence-corrected chi connectivity index (χ0v) is 15.2. The molecule has 6 nitrogen and oxygen atoms in total. The summed E-state index contributed by atoms with van der Waals surface area (Å²) in [6, 6.07) is 12.6. The molecule has 1 amide bonds. The maximum absolute atomic E-state index is 12.9. The van der Waals surface area contributed by atoms with Crippen molar-refractivity contribution in [2.24, 2.45) is 0 Å². The minimum Gasteiger partial charge on any atom is -0.497 e. The SMILES string of the molecule is COC(=O)c1ccc2[nH]c3c(c2c1)CN(C(=O)c1ccc(OC)cc1)CC3. The van der Waals surface area contributed by atoms with E-state index in [0.29, 0.717) is 24.2 Å². The summed E-state index contributed by atoms with van der Waals surface area (Å²) in [5.74, 6) is 0.343. The van der Waals surface area contributed by atoms with Crippen LogP contribution in [-0.4, -0.2) is 42.5 Å². The molecular weight excluding hydrogens is 344 g/mol. The van der Waals surface area contributed by atoms with E-state index < -0.39 is 0 Å². The molecule has 6 heteroatoms. The fourth-order valence-electron chi connectivity index (χ4n) is 3.55. The number of aromatic nitrogens is 1. The van der Waals surface area contributed by atoms with Gasteiger partial charge in [-0.2, -0.15) is 0 Å². The van der Waals surface area contributed by atoms with Gasteiger partial charge in [-0.3, -0.25) is 4.79 Å². The summed E-state index contributed by atoms with van der Waals surface area (Å²) in [4.78, 5) is 30.0. The Kier molecular flexibility index (Phi) is 4.32. The second-order valence-corrected chi connectivity index (χ2v) is 6.54. The lowest BCUT2D eigenvalue weighted by atomic mass is 10.0. The molecule has 27 heavy (non-hydrogen) atoms. The maximum atomic E-state index is 12.9. The number of benzene rings is 2. The van der Waals surface area contributed by atoms with Crippen LogP contribution in [0, 0.1) is 0 Å². The van der Waals surface area contributed by atoms with Crippen molar-refractivity contribution in [2.75, 3.05) is 20.8 Å². The number of esters is 1. The Morgan fingerprint density at radius 1 is 1.04 bits per heavy atom. The molecule has 0 atom stereocenters. The predicted molar refractivity (Wildman–Crippen MR) is 101 cm³/mol. The highest BCUT2D eigenvalue weighted by atomic mass is 16.5. The zero-order valence-electron chi connectivity index (χ0n) is 15.2. The van der Waals surface area contributed by atoms with Crippen LogP contribution in [0.15, 0.2) is 42.5 Å².